The van der Waals surface area contributed by atoms with Gasteiger partial charge in [-0.05, 0) is 43.3 Å². The summed E-state index contributed by atoms with van der Waals surface area (Å²) in [5.41, 5.74) is 2.78. The summed E-state index contributed by atoms with van der Waals surface area (Å²) >= 11 is 4.93. The summed E-state index contributed by atoms with van der Waals surface area (Å²) in [5.74, 6) is 1.27. The molecule has 3 rings (SSSR count). The number of amides is 1. The van der Waals surface area contributed by atoms with Crippen LogP contribution in [0.25, 0.3) is 11.0 Å². The Bertz CT molecular complexity index is 783. The highest BCUT2D eigenvalue weighted by atomic mass is 79.9. The number of aromatic nitrogens is 2. The van der Waals surface area contributed by atoms with Gasteiger partial charge in [-0.25, -0.2) is 4.98 Å². The number of benzene rings is 2. The van der Waals surface area contributed by atoms with E-state index in [2.05, 4.69) is 38.1 Å². The molecule has 1 heterocycles. The third kappa shape index (κ3) is 4.14. The molecule has 1 amide bonds. The molecule has 0 unspecified atom stereocenters. The monoisotopic (exact) mass is 389 g/mol. The molecule has 0 bridgehead atoms. The van der Waals surface area contributed by atoms with Crippen molar-refractivity contribution in [3.8, 4) is 0 Å². The Labute approximate surface area is 147 Å². The zero-order valence-electron chi connectivity index (χ0n) is 12.5. The van der Waals surface area contributed by atoms with Crippen LogP contribution in [0.2, 0.25) is 0 Å². The van der Waals surface area contributed by atoms with Crippen molar-refractivity contribution in [2.75, 3.05) is 11.1 Å². The predicted octanol–water partition coefficient (Wildman–Crippen LogP) is 4.76. The van der Waals surface area contributed by atoms with Crippen molar-refractivity contribution >= 4 is 50.3 Å². The van der Waals surface area contributed by atoms with E-state index in [9.17, 15) is 4.79 Å². The fraction of sp³-hybridized carbons (Fsp3) is 0.176. The third-order valence-corrected chi connectivity index (χ3v) is 5.07. The molecule has 2 aromatic carbocycles. The number of thioether (sulfide) groups is 1. The van der Waals surface area contributed by atoms with Crippen LogP contribution in [0.4, 0.5) is 5.69 Å². The number of anilines is 1. The number of hydrogen-bond acceptors (Lipinski definition) is 3. The van der Waals surface area contributed by atoms with Crippen molar-refractivity contribution in [3.05, 3.63) is 58.8 Å². The van der Waals surface area contributed by atoms with Crippen molar-refractivity contribution in [1.29, 1.82) is 0 Å². The summed E-state index contributed by atoms with van der Waals surface area (Å²) in [7, 11) is 0. The van der Waals surface area contributed by atoms with Crippen LogP contribution in [-0.2, 0) is 4.79 Å². The number of aromatic amines is 1. The van der Waals surface area contributed by atoms with Crippen LogP contribution >= 0.6 is 27.7 Å². The van der Waals surface area contributed by atoms with E-state index in [0.29, 0.717) is 5.75 Å². The van der Waals surface area contributed by atoms with Gasteiger partial charge in [-0.1, -0.05) is 28.1 Å². The lowest BCUT2D eigenvalue weighted by molar-refractivity contribution is -0.113. The standard InChI is InChI=1S/C17H16BrN3OS/c1-11(17-20-14-4-2-3-5-15(14)21-17)23-10-16(22)19-13-8-6-12(18)7-9-13/h2-9,11H,10H2,1H3,(H,19,22)(H,20,21)/t11-/m0/s1. The minimum absolute atomic E-state index is 0.0136. The first-order valence-corrected chi connectivity index (χ1v) is 9.07. The molecule has 0 aliphatic rings. The van der Waals surface area contributed by atoms with Crippen LogP contribution in [0.5, 0.6) is 0 Å². The van der Waals surface area contributed by atoms with Gasteiger partial charge in [0.25, 0.3) is 0 Å². The number of para-hydroxylation sites is 2. The molecule has 0 fully saturated rings. The molecule has 2 N–H and O–H groups in total. The molecule has 0 saturated heterocycles. The first-order valence-electron chi connectivity index (χ1n) is 7.23. The van der Waals surface area contributed by atoms with Crippen molar-refractivity contribution in [2.45, 2.75) is 12.2 Å². The number of carbonyl (C=O) groups excluding carboxylic acids is 1. The number of imidazole rings is 1. The first kappa shape index (κ1) is 16.1. The van der Waals surface area contributed by atoms with Crippen molar-refractivity contribution in [2.24, 2.45) is 0 Å². The summed E-state index contributed by atoms with van der Waals surface area (Å²) in [5, 5.41) is 3.01. The second-order valence-corrected chi connectivity index (χ2v) is 7.39. The minimum atomic E-state index is -0.0136. The van der Waals surface area contributed by atoms with Crippen LogP contribution in [0.15, 0.2) is 53.0 Å². The molecule has 0 saturated carbocycles. The molecule has 0 aliphatic heterocycles. The lowest BCUT2D eigenvalue weighted by Gasteiger charge is -2.09. The van der Waals surface area contributed by atoms with Gasteiger partial charge in [-0.3, -0.25) is 4.79 Å². The zero-order valence-corrected chi connectivity index (χ0v) is 14.9. The Morgan fingerprint density at radius 3 is 2.74 bits per heavy atom. The van der Waals surface area contributed by atoms with Gasteiger partial charge in [-0.15, -0.1) is 11.8 Å². The van der Waals surface area contributed by atoms with E-state index in [1.165, 1.54) is 0 Å². The molecule has 23 heavy (non-hydrogen) atoms. The number of fused-ring (bicyclic) bond motifs is 1. The molecule has 0 radical (unpaired) electrons. The van der Waals surface area contributed by atoms with Gasteiger partial charge in [-0.2, -0.15) is 0 Å². The maximum Gasteiger partial charge on any atom is 0.234 e. The lowest BCUT2D eigenvalue weighted by Crippen LogP contribution is -2.14. The number of nitrogens with zero attached hydrogens (tertiary/aromatic N) is 1. The van der Waals surface area contributed by atoms with Gasteiger partial charge in [0, 0.05) is 10.2 Å². The van der Waals surface area contributed by atoms with Gasteiger partial charge in [0.1, 0.15) is 5.82 Å². The van der Waals surface area contributed by atoms with Gasteiger partial charge < -0.3 is 10.3 Å². The molecule has 1 aromatic heterocycles. The van der Waals surface area contributed by atoms with E-state index in [1.807, 2.05) is 48.5 Å². The van der Waals surface area contributed by atoms with Gasteiger partial charge in [0.15, 0.2) is 0 Å². The molecule has 0 spiro atoms. The normalized spacial score (nSPS) is 12.3. The van der Waals surface area contributed by atoms with E-state index in [-0.39, 0.29) is 11.2 Å². The van der Waals surface area contributed by atoms with E-state index in [1.54, 1.807) is 11.8 Å². The topological polar surface area (TPSA) is 57.8 Å². The largest absolute Gasteiger partial charge is 0.341 e. The molecule has 3 aromatic rings. The quantitative estimate of drug-likeness (QED) is 0.661. The van der Waals surface area contributed by atoms with Gasteiger partial charge in [0.05, 0.1) is 22.0 Å². The molecule has 118 valence electrons. The fourth-order valence-electron chi connectivity index (χ4n) is 2.17. The van der Waals surface area contributed by atoms with E-state index >= 15 is 0 Å². The van der Waals surface area contributed by atoms with Gasteiger partial charge in [0.2, 0.25) is 5.91 Å². The Morgan fingerprint density at radius 1 is 1.26 bits per heavy atom. The third-order valence-electron chi connectivity index (χ3n) is 3.39. The predicted molar refractivity (Wildman–Crippen MR) is 99.7 cm³/mol. The molecule has 6 heteroatoms. The van der Waals surface area contributed by atoms with Crippen LogP contribution in [0.1, 0.15) is 18.0 Å². The molecule has 1 atom stereocenters. The number of carbonyl (C=O) groups is 1. The second-order valence-electron chi connectivity index (χ2n) is 5.15. The average Bonchev–Trinajstić information content (AvgIpc) is 2.99. The molecule has 0 aliphatic carbocycles. The highest BCUT2D eigenvalue weighted by molar-refractivity contribution is 9.10. The lowest BCUT2D eigenvalue weighted by atomic mass is 10.3. The van der Waals surface area contributed by atoms with Crippen molar-refractivity contribution < 1.29 is 4.79 Å². The summed E-state index contributed by atoms with van der Waals surface area (Å²) in [6.45, 7) is 2.05. The summed E-state index contributed by atoms with van der Waals surface area (Å²) < 4.78 is 0.989. The Balaban J connectivity index is 1.56. The van der Waals surface area contributed by atoms with E-state index < -0.39 is 0 Å². The van der Waals surface area contributed by atoms with Crippen molar-refractivity contribution in [1.82, 2.24) is 9.97 Å². The smallest absolute Gasteiger partial charge is 0.234 e. The summed E-state index contributed by atoms with van der Waals surface area (Å²) in [4.78, 5) is 19.9. The second kappa shape index (κ2) is 7.19. The maximum atomic E-state index is 12.0. The number of hydrogen-bond donors (Lipinski definition) is 2. The highest BCUT2D eigenvalue weighted by Gasteiger charge is 2.13. The minimum Gasteiger partial charge on any atom is -0.341 e. The summed E-state index contributed by atoms with van der Waals surface area (Å²) in [6, 6.07) is 15.5. The molecule has 4 nitrogen and oxygen atoms in total. The molecular formula is C17H16BrN3OS. The van der Waals surface area contributed by atoms with Crippen LogP contribution in [0, 0.1) is 0 Å². The number of halogens is 1. The van der Waals surface area contributed by atoms with Crippen LogP contribution < -0.4 is 5.32 Å². The van der Waals surface area contributed by atoms with E-state index in [0.717, 1.165) is 27.0 Å². The SMILES string of the molecule is C[C@H](SCC(=O)Nc1ccc(Br)cc1)c1nc2ccccc2[nH]1. The van der Waals surface area contributed by atoms with Crippen LogP contribution in [-0.4, -0.2) is 21.6 Å². The fourth-order valence-corrected chi connectivity index (χ4v) is 3.18. The Hall–Kier alpha value is -1.79. The number of rotatable bonds is 5. The van der Waals surface area contributed by atoms with Gasteiger partial charge >= 0.3 is 0 Å². The molecular weight excluding hydrogens is 374 g/mol. The first-order chi connectivity index (χ1) is 11.1. The van der Waals surface area contributed by atoms with Crippen LogP contribution in [0.3, 0.4) is 0 Å². The number of nitrogens with one attached hydrogen (secondary N) is 2. The average molecular weight is 390 g/mol. The van der Waals surface area contributed by atoms with Crippen molar-refractivity contribution in [3.63, 3.8) is 0 Å². The van der Waals surface area contributed by atoms with E-state index in [4.69, 9.17) is 0 Å². The number of H-pyrrole nitrogens is 1. The zero-order chi connectivity index (χ0) is 16.2. The highest BCUT2D eigenvalue weighted by Crippen LogP contribution is 2.27. The summed E-state index contributed by atoms with van der Waals surface area (Å²) in [6.07, 6.45) is 0. The Kier molecular flexibility index (Phi) is 5.03. The Morgan fingerprint density at radius 2 is 2.00 bits per heavy atom. The maximum absolute atomic E-state index is 12.0.